The summed E-state index contributed by atoms with van der Waals surface area (Å²) in [5.41, 5.74) is 0.345. The van der Waals surface area contributed by atoms with Crippen molar-refractivity contribution < 1.29 is 4.79 Å². The first kappa shape index (κ1) is 14.7. The molecule has 6 nitrogen and oxygen atoms in total. The second-order valence-electron chi connectivity index (χ2n) is 3.72. The molecule has 0 radical (unpaired) electrons. The van der Waals surface area contributed by atoms with E-state index >= 15 is 0 Å². The summed E-state index contributed by atoms with van der Waals surface area (Å²) >= 11 is 12.9. The molecule has 0 unspecified atom stereocenters. The minimum Gasteiger partial charge on any atom is -0.344 e. The average molecular weight is 333 g/mol. The second-order valence-corrected chi connectivity index (χ2v) is 5.41. The Morgan fingerprint density at radius 3 is 2.50 bits per heavy atom. The number of urea groups is 1. The molecule has 2 rings (SSSR count). The van der Waals surface area contributed by atoms with Crippen molar-refractivity contribution in [3.8, 4) is 0 Å². The summed E-state index contributed by atoms with van der Waals surface area (Å²) in [6.45, 7) is 0. The van der Waals surface area contributed by atoms with Gasteiger partial charge in [0.05, 0.1) is 0 Å². The zero-order chi connectivity index (χ0) is 14.7. The van der Waals surface area contributed by atoms with E-state index in [4.69, 9.17) is 23.2 Å². The summed E-state index contributed by atoms with van der Waals surface area (Å²) in [7, 11) is 1.46. The largest absolute Gasteiger partial charge is 0.344 e. The van der Waals surface area contributed by atoms with Crippen LogP contribution in [0.15, 0.2) is 23.0 Å². The van der Waals surface area contributed by atoms with Crippen LogP contribution in [0.3, 0.4) is 0 Å². The highest BCUT2D eigenvalue weighted by Crippen LogP contribution is 2.29. The van der Waals surface area contributed by atoms with Gasteiger partial charge in [-0.1, -0.05) is 23.2 Å². The Balaban J connectivity index is 2.29. The topological polar surface area (TPSA) is 86.0 Å². The van der Waals surface area contributed by atoms with Crippen molar-refractivity contribution in [3.63, 3.8) is 0 Å². The molecular weight excluding hydrogens is 323 g/mol. The van der Waals surface area contributed by atoms with Crippen LogP contribution in [0.1, 0.15) is 0 Å². The Kier molecular flexibility index (Phi) is 4.53. The Hall–Kier alpha value is -1.70. The lowest BCUT2D eigenvalue weighted by Crippen LogP contribution is -2.27. The molecule has 1 heterocycles. The molecule has 1 aromatic carbocycles. The first-order chi connectivity index (χ1) is 9.49. The fourth-order valence-corrected chi connectivity index (χ4v) is 2.67. The molecule has 0 spiro atoms. The summed E-state index contributed by atoms with van der Waals surface area (Å²) in [5.74, 6) is 0. The molecule has 0 atom stereocenters. The number of aromatic nitrogens is 1. The zero-order valence-electron chi connectivity index (χ0n) is 10.2. The number of H-pyrrole nitrogens is 1. The number of benzene rings is 1. The molecule has 0 aliphatic rings. The van der Waals surface area contributed by atoms with Crippen LogP contribution in [0.25, 0.3) is 0 Å². The first-order valence-electron chi connectivity index (χ1n) is 5.43. The molecule has 0 saturated heterocycles. The van der Waals surface area contributed by atoms with Gasteiger partial charge in [-0.2, -0.15) is 0 Å². The molecule has 4 N–H and O–H groups in total. The molecule has 1 aromatic heterocycles. The van der Waals surface area contributed by atoms with Gasteiger partial charge in [0.2, 0.25) is 0 Å². The maximum atomic E-state index is 11.6. The van der Waals surface area contributed by atoms with Crippen molar-refractivity contribution in [2.24, 2.45) is 0 Å². The molecule has 0 aliphatic heterocycles. The molecule has 0 fully saturated rings. The fraction of sp³-hybridized carbons (Fsp3) is 0.0909. The van der Waals surface area contributed by atoms with Gasteiger partial charge >= 0.3 is 6.03 Å². The third-order valence-corrected chi connectivity index (χ3v) is 3.52. The van der Waals surface area contributed by atoms with Gasteiger partial charge in [-0.3, -0.25) is 9.17 Å². The van der Waals surface area contributed by atoms with Crippen molar-refractivity contribution in [3.05, 3.63) is 38.6 Å². The Morgan fingerprint density at radius 1 is 1.25 bits per heavy atom. The average Bonchev–Trinajstić information content (AvgIpc) is 2.70. The molecule has 9 heteroatoms. The van der Waals surface area contributed by atoms with Gasteiger partial charge in [0, 0.05) is 22.8 Å². The predicted octanol–water partition coefficient (Wildman–Crippen LogP) is 3.24. The van der Waals surface area contributed by atoms with Crippen LogP contribution in [0, 0.1) is 0 Å². The second kappa shape index (κ2) is 6.17. The van der Waals surface area contributed by atoms with Crippen molar-refractivity contribution in [2.45, 2.75) is 0 Å². The number of hydrogen-bond acceptors (Lipinski definition) is 4. The normalized spacial score (nSPS) is 10.2. The third-order valence-electron chi connectivity index (χ3n) is 2.29. The lowest BCUT2D eigenvalue weighted by Gasteiger charge is -2.08. The number of nitrogens with one attached hydrogen (secondary N) is 4. The Bertz CT molecular complexity index is 678. The highest BCUT2D eigenvalue weighted by Gasteiger charge is 2.13. The molecule has 2 aromatic rings. The monoisotopic (exact) mass is 332 g/mol. The number of amides is 2. The molecule has 0 aliphatic carbocycles. The van der Waals surface area contributed by atoms with E-state index in [-0.39, 0.29) is 5.69 Å². The lowest BCUT2D eigenvalue weighted by molar-refractivity contribution is 0.254. The smallest absolute Gasteiger partial charge is 0.319 e. The van der Waals surface area contributed by atoms with Crippen LogP contribution < -0.4 is 21.5 Å². The highest BCUT2D eigenvalue weighted by molar-refractivity contribution is 7.11. The van der Waals surface area contributed by atoms with E-state index in [1.807, 2.05) is 0 Å². The van der Waals surface area contributed by atoms with E-state index in [2.05, 4.69) is 20.3 Å². The lowest BCUT2D eigenvalue weighted by atomic mass is 10.3. The maximum absolute atomic E-state index is 11.6. The number of carbonyl (C=O) groups is 1. The van der Waals surface area contributed by atoms with Gasteiger partial charge in [-0.05, 0) is 29.7 Å². The van der Waals surface area contributed by atoms with Gasteiger partial charge in [0.25, 0.3) is 5.56 Å². The molecule has 2 amide bonds. The van der Waals surface area contributed by atoms with E-state index in [1.54, 1.807) is 18.2 Å². The van der Waals surface area contributed by atoms with Crippen molar-refractivity contribution in [1.82, 2.24) is 9.69 Å². The van der Waals surface area contributed by atoms with Crippen LogP contribution in [-0.2, 0) is 0 Å². The van der Waals surface area contributed by atoms with Gasteiger partial charge < -0.3 is 16.0 Å². The number of rotatable bonds is 3. The van der Waals surface area contributed by atoms with Gasteiger partial charge in [0.15, 0.2) is 0 Å². The number of carbonyl (C=O) groups excluding carboxylic acids is 1. The summed E-state index contributed by atoms with van der Waals surface area (Å²) in [5, 5.41) is 9.18. The standard InChI is InChI=1S/C11H10Cl2N4O2S/c1-14-11(19)16-8-9(18)17-20-10(8)15-7-3-5(12)2-6(13)4-7/h2-4,15H,1H3,(H,17,18)(H2,14,16,19). The minimum atomic E-state index is -0.485. The third kappa shape index (κ3) is 3.44. The Labute approximate surface area is 128 Å². The SMILES string of the molecule is CNC(=O)Nc1c(Nc2cc(Cl)cc(Cl)c2)s[nH]c1=O. The highest BCUT2D eigenvalue weighted by atomic mass is 35.5. The van der Waals surface area contributed by atoms with Crippen LogP contribution in [0.5, 0.6) is 0 Å². The van der Waals surface area contributed by atoms with E-state index in [9.17, 15) is 9.59 Å². The number of hydrogen-bond donors (Lipinski definition) is 4. The first-order valence-corrected chi connectivity index (χ1v) is 7.00. The van der Waals surface area contributed by atoms with Crippen LogP contribution in [-0.4, -0.2) is 17.5 Å². The van der Waals surface area contributed by atoms with Gasteiger partial charge in [-0.25, -0.2) is 4.79 Å². The quantitative estimate of drug-likeness (QED) is 0.696. The van der Waals surface area contributed by atoms with Crippen LogP contribution >= 0.6 is 34.7 Å². The summed E-state index contributed by atoms with van der Waals surface area (Å²) in [6, 6.07) is 4.42. The van der Waals surface area contributed by atoms with Gasteiger partial charge in [-0.15, -0.1) is 0 Å². The van der Waals surface area contributed by atoms with Crippen molar-refractivity contribution in [2.75, 3.05) is 17.7 Å². The fourth-order valence-electron chi connectivity index (χ4n) is 1.44. The molecule has 20 heavy (non-hydrogen) atoms. The molecular formula is C11H10Cl2N4O2S. The number of halogens is 2. The summed E-state index contributed by atoms with van der Waals surface area (Å²) in [4.78, 5) is 22.9. The minimum absolute atomic E-state index is 0.130. The van der Waals surface area contributed by atoms with E-state index in [0.29, 0.717) is 20.7 Å². The van der Waals surface area contributed by atoms with E-state index in [1.165, 1.54) is 7.05 Å². The predicted molar refractivity (Wildman–Crippen MR) is 82.8 cm³/mol. The van der Waals surface area contributed by atoms with Crippen molar-refractivity contribution >= 4 is 57.1 Å². The summed E-state index contributed by atoms with van der Waals surface area (Å²) < 4.78 is 2.53. The summed E-state index contributed by atoms with van der Waals surface area (Å²) in [6.07, 6.45) is 0. The van der Waals surface area contributed by atoms with Crippen molar-refractivity contribution in [1.29, 1.82) is 0 Å². The molecule has 0 saturated carbocycles. The maximum Gasteiger partial charge on any atom is 0.319 e. The van der Waals surface area contributed by atoms with Crippen LogP contribution in [0.2, 0.25) is 10.0 Å². The number of aromatic amines is 1. The zero-order valence-corrected chi connectivity index (χ0v) is 12.5. The number of anilines is 3. The Morgan fingerprint density at radius 2 is 1.90 bits per heavy atom. The van der Waals surface area contributed by atoms with Crippen LogP contribution in [0.4, 0.5) is 21.2 Å². The van der Waals surface area contributed by atoms with E-state index in [0.717, 1.165) is 11.5 Å². The van der Waals surface area contributed by atoms with Gasteiger partial charge in [0.1, 0.15) is 10.7 Å². The molecule has 0 bridgehead atoms. The molecule has 106 valence electrons. The van der Waals surface area contributed by atoms with E-state index < -0.39 is 11.6 Å².